The molecule has 4 aliphatic carbocycles. The van der Waals surface area contributed by atoms with Crippen molar-refractivity contribution in [3.05, 3.63) is 0 Å². The van der Waals surface area contributed by atoms with Gasteiger partial charge in [-0.2, -0.15) is 0 Å². The first kappa shape index (κ1) is 7.64. The molecule has 1 unspecified atom stereocenters. The zero-order chi connectivity index (χ0) is 8.29. The molecule has 0 amide bonds. The molecule has 12 heavy (non-hydrogen) atoms. The Morgan fingerprint density at radius 1 is 1.00 bits per heavy atom. The second-order valence-electron chi connectivity index (χ2n) is 4.93. The highest BCUT2D eigenvalue weighted by atomic mass is 35.5. The van der Waals surface area contributed by atoms with Crippen LogP contribution in [-0.2, 0) is 0 Å². The van der Waals surface area contributed by atoms with Crippen molar-refractivity contribution in [3.8, 4) is 0 Å². The summed E-state index contributed by atoms with van der Waals surface area (Å²) in [6.45, 7) is 0. The summed E-state index contributed by atoms with van der Waals surface area (Å²) in [4.78, 5) is 0. The molecule has 4 bridgehead atoms. The molecule has 1 N–H and O–H groups in total. The van der Waals surface area contributed by atoms with Crippen molar-refractivity contribution in [2.75, 3.05) is 0 Å². The van der Waals surface area contributed by atoms with Crippen LogP contribution in [0.5, 0.6) is 0 Å². The second-order valence-corrected chi connectivity index (χ2v) is 5.43. The summed E-state index contributed by atoms with van der Waals surface area (Å²) in [7, 11) is 0. The summed E-state index contributed by atoms with van der Waals surface area (Å²) in [5.74, 6) is 2.67. The predicted octanol–water partition coefficient (Wildman–Crippen LogP) is 2.02. The molecule has 0 aliphatic heterocycles. The summed E-state index contributed by atoms with van der Waals surface area (Å²) in [6.07, 6.45) is 4.94. The average Bonchev–Trinajstić information content (AvgIpc) is 2.07. The van der Waals surface area contributed by atoms with E-state index in [-0.39, 0.29) is 11.5 Å². The largest absolute Gasteiger partial charge is 0.392 e. The summed E-state index contributed by atoms with van der Waals surface area (Å²) in [6, 6.07) is 0. The van der Waals surface area contributed by atoms with Crippen LogP contribution in [0.25, 0.3) is 0 Å². The number of alkyl halides is 1. The lowest BCUT2D eigenvalue weighted by Gasteiger charge is -2.55. The molecule has 0 aromatic heterocycles. The van der Waals surface area contributed by atoms with E-state index < -0.39 is 0 Å². The van der Waals surface area contributed by atoms with Gasteiger partial charge in [-0.05, 0) is 43.4 Å². The Morgan fingerprint density at radius 3 is 2.58 bits per heavy atom. The van der Waals surface area contributed by atoms with Gasteiger partial charge in [0.05, 0.1) is 6.10 Å². The van der Waals surface area contributed by atoms with Gasteiger partial charge in [0.25, 0.3) is 0 Å². The van der Waals surface area contributed by atoms with Gasteiger partial charge < -0.3 is 5.11 Å². The summed E-state index contributed by atoms with van der Waals surface area (Å²) in [5.41, 5.74) is 0. The molecule has 4 aliphatic rings. The summed E-state index contributed by atoms with van der Waals surface area (Å²) < 4.78 is 0. The van der Waals surface area contributed by atoms with Gasteiger partial charge in [-0.15, -0.1) is 11.6 Å². The molecule has 0 aromatic carbocycles. The molecule has 1 nitrogen and oxygen atoms in total. The molecule has 0 aromatic rings. The third kappa shape index (κ3) is 0.843. The Labute approximate surface area is 78.1 Å². The number of rotatable bonds is 0. The van der Waals surface area contributed by atoms with Gasteiger partial charge in [0, 0.05) is 11.3 Å². The van der Waals surface area contributed by atoms with Crippen molar-refractivity contribution in [1.29, 1.82) is 0 Å². The van der Waals surface area contributed by atoms with Gasteiger partial charge >= 0.3 is 0 Å². The average molecular weight is 187 g/mol. The van der Waals surface area contributed by atoms with E-state index in [0.29, 0.717) is 11.8 Å². The van der Waals surface area contributed by atoms with Crippen LogP contribution in [-0.4, -0.2) is 16.6 Å². The minimum Gasteiger partial charge on any atom is -0.392 e. The fraction of sp³-hybridized carbons (Fsp3) is 1.00. The third-order valence-corrected chi connectivity index (χ3v) is 4.94. The molecule has 4 fully saturated rings. The highest BCUT2D eigenvalue weighted by Crippen LogP contribution is 2.55. The fourth-order valence-corrected chi connectivity index (χ4v) is 4.26. The SMILES string of the molecule is O[C@H]1[C@H]2CC3C[C@H](C2)[C@@H](Cl)[C@@H]1C3. The van der Waals surface area contributed by atoms with Crippen molar-refractivity contribution in [2.45, 2.75) is 37.2 Å². The van der Waals surface area contributed by atoms with E-state index in [2.05, 4.69) is 0 Å². The Bertz CT molecular complexity index is 188. The first-order chi connectivity index (χ1) is 5.75. The highest BCUT2D eigenvalue weighted by molar-refractivity contribution is 6.21. The van der Waals surface area contributed by atoms with E-state index >= 15 is 0 Å². The lowest BCUT2D eigenvalue weighted by Crippen LogP contribution is -2.54. The van der Waals surface area contributed by atoms with Crippen LogP contribution in [0, 0.1) is 23.7 Å². The van der Waals surface area contributed by atoms with Gasteiger partial charge in [-0.3, -0.25) is 0 Å². The molecule has 4 saturated carbocycles. The smallest absolute Gasteiger partial charge is 0.0611 e. The maximum Gasteiger partial charge on any atom is 0.0611 e. The van der Waals surface area contributed by atoms with E-state index in [4.69, 9.17) is 11.6 Å². The van der Waals surface area contributed by atoms with Gasteiger partial charge in [-0.1, -0.05) is 0 Å². The van der Waals surface area contributed by atoms with Crippen molar-refractivity contribution >= 4 is 11.6 Å². The van der Waals surface area contributed by atoms with Crippen LogP contribution < -0.4 is 0 Å². The van der Waals surface area contributed by atoms with Crippen LogP contribution >= 0.6 is 11.6 Å². The Kier molecular flexibility index (Phi) is 1.52. The Balaban J connectivity index is 1.93. The van der Waals surface area contributed by atoms with Crippen LogP contribution in [0.1, 0.15) is 25.7 Å². The second kappa shape index (κ2) is 2.39. The van der Waals surface area contributed by atoms with Gasteiger partial charge in [0.1, 0.15) is 0 Å². The molecular weight excluding hydrogens is 172 g/mol. The summed E-state index contributed by atoms with van der Waals surface area (Å²) in [5, 5.41) is 10.2. The normalized spacial score (nSPS) is 62.5. The number of halogens is 1. The van der Waals surface area contributed by atoms with Crippen molar-refractivity contribution in [3.63, 3.8) is 0 Å². The van der Waals surface area contributed by atoms with E-state index in [1.165, 1.54) is 25.7 Å². The first-order valence-corrected chi connectivity index (χ1v) is 5.51. The quantitative estimate of drug-likeness (QED) is 0.574. The van der Waals surface area contributed by atoms with Crippen LogP contribution in [0.4, 0.5) is 0 Å². The number of aliphatic hydroxyl groups excluding tert-OH is 1. The molecule has 0 spiro atoms. The maximum atomic E-state index is 9.91. The van der Waals surface area contributed by atoms with Crippen LogP contribution in [0.15, 0.2) is 0 Å². The van der Waals surface area contributed by atoms with Gasteiger partial charge in [0.2, 0.25) is 0 Å². The Morgan fingerprint density at radius 2 is 1.75 bits per heavy atom. The van der Waals surface area contributed by atoms with Gasteiger partial charge in [0.15, 0.2) is 0 Å². The molecule has 4 rings (SSSR count). The standard InChI is InChI=1S/C10H15ClO/c11-9-6-1-5-2-7(4-6)10(12)8(9)3-5/h5-10,12H,1-4H2/t5?,6-,7+,8+,9-,10+/m1/s1. The highest BCUT2D eigenvalue weighted by Gasteiger charge is 2.52. The maximum absolute atomic E-state index is 9.91. The molecule has 2 heteroatoms. The Hall–Kier alpha value is 0.250. The van der Waals surface area contributed by atoms with E-state index in [1.54, 1.807) is 0 Å². The van der Waals surface area contributed by atoms with Crippen molar-refractivity contribution < 1.29 is 5.11 Å². The zero-order valence-electron chi connectivity index (χ0n) is 7.12. The van der Waals surface area contributed by atoms with Crippen molar-refractivity contribution in [1.82, 2.24) is 0 Å². The van der Waals surface area contributed by atoms with Gasteiger partial charge in [-0.25, -0.2) is 0 Å². The minimum atomic E-state index is -0.0692. The molecule has 68 valence electrons. The molecular formula is C10H15ClO. The van der Waals surface area contributed by atoms with E-state index in [1.807, 2.05) is 0 Å². The van der Waals surface area contributed by atoms with E-state index in [0.717, 1.165) is 11.8 Å². The fourth-order valence-electron chi connectivity index (χ4n) is 3.81. The number of hydrogen-bond acceptors (Lipinski definition) is 1. The monoisotopic (exact) mass is 186 g/mol. The summed E-state index contributed by atoms with van der Waals surface area (Å²) >= 11 is 6.31. The van der Waals surface area contributed by atoms with Crippen LogP contribution in [0.3, 0.4) is 0 Å². The third-order valence-electron chi connectivity index (χ3n) is 4.26. The first-order valence-electron chi connectivity index (χ1n) is 5.08. The lowest BCUT2D eigenvalue weighted by atomic mass is 9.55. The number of hydrogen-bond donors (Lipinski definition) is 1. The molecule has 0 radical (unpaired) electrons. The molecule has 0 saturated heterocycles. The van der Waals surface area contributed by atoms with Crippen molar-refractivity contribution in [2.24, 2.45) is 23.7 Å². The molecule has 0 heterocycles. The lowest BCUT2D eigenvalue weighted by molar-refractivity contribution is -0.0886. The number of aliphatic hydroxyl groups is 1. The molecule has 6 atom stereocenters. The topological polar surface area (TPSA) is 20.2 Å². The predicted molar refractivity (Wildman–Crippen MR) is 48.1 cm³/mol. The minimum absolute atomic E-state index is 0.0692. The zero-order valence-corrected chi connectivity index (χ0v) is 7.87. The van der Waals surface area contributed by atoms with E-state index in [9.17, 15) is 5.11 Å². The van der Waals surface area contributed by atoms with Crippen LogP contribution in [0.2, 0.25) is 0 Å².